The summed E-state index contributed by atoms with van der Waals surface area (Å²) in [6, 6.07) is 0.869. The first-order valence-electron chi connectivity index (χ1n) is 18.5. The molecule has 0 spiro atoms. The number of hydrogen-bond acceptors (Lipinski definition) is 6. The lowest BCUT2D eigenvalue weighted by Gasteiger charge is -2.35. The Morgan fingerprint density at radius 1 is 0.938 bits per heavy atom. The van der Waals surface area contributed by atoms with E-state index < -0.39 is 0 Å². The third-order valence-electron chi connectivity index (χ3n) is 10.0. The second kappa shape index (κ2) is 21.1. The molecule has 4 unspecified atom stereocenters. The molecule has 1 heterocycles. The van der Waals surface area contributed by atoms with E-state index >= 15 is 0 Å². The van der Waals surface area contributed by atoms with Gasteiger partial charge in [-0.05, 0) is 66.8 Å². The minimum absolute atomic E-state index is 0.155. The average molecular weight is 667 g/mol. The van der Waals surface area contributed by atoms with Crippen molar-refractivity contribution in [2.45, 2.75) is 126 Å². The van der Waals surface area contributed by atoms with Crippen LogP contribution in [0.1, 0.15) is 108 Å². The van der Waals surface area contributed by atoms with Crippen molar-refractivity contribution in [3.8, 4) is 0 Å². The van der Waals surface area contributed by atoms with Gasteiger partial charge in [-0.3, -0.25) is 0 Å². The van der Waals surface area contributed by atoms with Crippen LogP contribution in [0.2, 0.25) is 0 Å². The van der Waals surface area contributed by atoms with Gasteiger partial charge in [0.25, 0.3) is 0 Å². The Kier molecular flexibility index (Phi) is 19.8. The summed E-state index contributed by atoms with van der Waals surface area (Å²) in [6.07, 6.45) is 7.09. The highest BCUT2D eigenvalue weighted by molar-refractivity contribution is 5.32. The zero-order valence-corrected chi connectivity index (χ0v) is 33.6. The van der Waals surface area contributed by atoms with Gasteiger partial charge in [-0.1, -0.05) is 121 Å². The SMILES string of the molecule is C=C(CCC(NC(=C)NCC(C)(C)CC)C(C)(C)C)NC.C=CCNC(=C)C(=C)C(CCC)NC(=C)C1[C@H]2C(C)[C@H]2CN1C(=C)C.CC. The Bertz CT molecular complexity index is 1080. The van der Waals surface area contributed by atoms with E-state index in [1.54, 1.807) is 0 Å². The van der Waals surface area contributed by atoms with E-state index in [2.05, 4.69) is 140 Å². The van der Waals surface area contributed by atoms with E-state index in [0.717, 1.165) is 91.2 Å². The zero-order valence-electron chi connectivity index (χ0n) is 33.6. The molecular weight excluding hydrogens is 589 g/mol. The molecule has 0 radical (unpaired) electrons. The Labute approximate surface area is 298 Å². The molecule has 0 amide bonds. The molecule has 6 nitrogen and oxygen atoms in total. The van der Waals surface area contributed by atoms with Gasteiger partial charge in [0.2, 0.25) is 0 Å². The van der Waals surface area contributed by atoms with E-state index in [4.69, 9.17) is 0 Å². The van der Waals surface area contributed by atoms with Crippen LogP contribution in [0, 0.1) is 28.6 Å². The van der Waals surface area contributed by atoms with Crippen molar-refractivity contribution in [1.82, 2.24) is 31.5 Å². The van der Waals surface area contributed by atoms with E-state index in [1.165, 1.54) is 0 Å². The van der Waals surface area contributed by atoms with Crippen LogP contribution >= 0.6 is 0 Å². The van der Waals surface area contributed by atoms with Crippen molar-refractivity contribution in [3.05, 3.63) is 86.3 Å². The average Bonchev–Trinajstić information content (AvgIpc) is 3.46. The normalized spacial score (nSPS) is 20.5. The molecule has 0 aromatic carbocycles. The van der Waals surface area contributed by atoms with E-state index in [9.17, 15) is 0 Å². The van der Waals surface area contributed by atoms with Gasteiger partial charge in [0.05, 0.1) is 17.9 Å². The van der Waals surface area contributed by atoms with Crippen LogP contribution in [0.3, 0.4) is 0 Å². The summed E-state index contributed by atoms with van der Waals surface area (Å²) in [5.41, 5.74) is 5.66. The monoisotopic (exact) mass is 667 g/mol. The standard InChI is InChI=1S/C22H35N3.C18H37N3.C2H6/c1-9-11-20(15(5)17(7)23-12-10-2)24-18(8)22-21-16(6)19(21)13-25(22)14(3)4;1-10-18(7,8)13-20-15(3)21-16(17(4,5)6)12-11-14(2)19-9;1-2/h10,16,19-24H,2-3,5,7-9,11-13H2,1,4,6H3;16,19-21H,2-3,10-13H2,1,4-9H3;1-2H3/t16?,19-,20?,21+,22?;;/m1../s1. The van der Waals surface area contributed by atoms with Gasteiger partial charge in [0, 0.05) is 55.5 Å². The zero-order chi connectivity index (χ0) is 37.4. The van der Waals surface area contributed by atoms with E-state index in [1.807, 2.05) is 27.0 Å². The first-order valence-corrected chi connectivity index (χ1v) is 18.5. The first-order chi connectivity index (χ1) is 22.3. The molecule has 1 aliphatic heterocycles. The molecular formula is C42H78N6. The maximum Gasteiger partial charge on any atom is 0.0914 e. The highest BCUT2D eigenvalue weighted by atomic mass is 15.2. The van der Waals surface area contributed by atoms with Gasteiger partial charge in [-0.2, -0.15) is 0 Å². The lowest BCUT2D eigenvalue weighted by atomic mass is 9.83. The summed E-state index contributed by atoms with van der Waals surface area (Å²) in [7, 11) is 1.93. The van der Waals surface area contributed by atoms with Crippen molar-refractivity contribution in [2.24, 2.45) is 28.6 Å². The van der Waals surface area contributed by atoms with Crippen LogP contribution < -0.4 is 26.6 Å². The number of rotatable bonds is 21. The van der Waals surface area contributed by atoms with Crippen LogP contribution in [0.4, 0.5) is 0 Å². The quantitative estimate of drug-likeness (QED) is 0.0622. The van der Waals surface area contributed by atoms with Crippen molar-refractivity contribution in [3.63, 3.8) is 0 Å². The molecule has 2 fully saturated rings. The highest BCUT2D eigenvalue weighted by Gasteiger charge is 2.59. The fraction of sp³-hybridized carbons (Fsp3) is 0.667. The number of nitrogens with one attached hydrogen (secondary N) is 5. The van der Waals surface area contributed by atoms with Gasteiger partial charge in [0.1, 0.15) is 0 Å². The molecule has 1 saturated carbocycles. The number of piperidine rings is 1. The summed E-state index contributed by atoms with van der Waals surface area (Å²) >= 11 is 0. The van der Waals surface area contributed by atoms with Crippen LogP contribution in [-0.2, 0) is 0 Å². The number of nitrogens with zero attached hydrogens (tertiary/aromatic N) is 1. The van der Waals surface area contributed by atoms with Crippen LogP contribution in [-0.4, -0.2) is 49.7 Å². The largest absolute Gasteiger partial charge is 0.392 e. The number of hydrogen-bond donors (Lipinski definition) is 5. The van der Waals surface area contributed by atoms with Gasteiger partial charge < -0.3 is 31.5 Å². The second-order valence-electron chi connectivity index (χ2n) is 15.4. The van der Waals surface area contributed by atoms with Gasteiger partial charge in [-0.25, -0.2) is 0 Å². The predicted molar refractivity (Wildman–Crippen MR) is 215 cm³/mol. The van der Waals surface area contributed by atoms with Crippen LogP contribution in [0.25, 0.3) is 0 Å². The third kappa shape index (κ3) is 14.6. The summed E-state index contributed by atoms with van der Waals surface area (Å²) in [5.74, 6) is 3.20. The molecule has 6 heteroatoms. The lowest BCUT2D eigenvalue weighted by molar-refractivity contribution is 0.259. The molecule has 276 valence electrons. The Hall–Kier alpha value is -3.02. The molecule has 0 bridgehead atoms. The van der Waals surface area contributed by atoms with Crippen molar-refractivity contribution in [1.29, 1.82) is 0 Å². The van der Waals surface area contributed by atoms with E-state index in [0.29, 0.717) is 30.0 Å². The molecule has 0 aromatic rings. The van der Waals surface area contributed by atoms with Gasteiger partial charge in [0.15, 0.2) is 0 Å². The fourth-order valence-electron chi connectivity index (χ4n) is 6.10. The summed E-state index contributed by atoms with van der Waals surface area (Å²) < 4.78 is 0. The Balaban J connectivity index is 0.000000890. The highest BCUT2D eigenvalue weighted by Crippen LogP contribution is 2.57. The Morgan fingerprint density at radius 3 is 2.02 bits per heavy atom. The smallest absolute Gasteiger partial charge is 0.0914 e. The lowest BCUT2D eigenvalue weighted by Crippen LogP contribution is -2.44. The van der Waals surface area contributed by atoms with E-state index in [-0.39, 0.29) is 11.5 Å². The third-order valence-corrected chi connectivity index (χ3v) is 10.0. The molecule has 2 aliphatic rings. The number of fused-ring (bicyclic) bond motifs is 1. The second-order valence-corrected chi connectivity index (χ2v) is 15.4. The summed E-state index contributed by atoms with van der Waals surface area (Å²) in [5, 5.41) is 17.0. The van der Waals surface area contributed by atoms with Crippen LogP contribution in [0.5, 0.6) is 0 Å². The van der Waals surface area contributed by atoms with Crippen molar-refractivity contribution >= 4 is 0 Å². The minimum atomic E-state index is 0.155. The molecule has 6 atom stereocenters. The maximum absolute atomic E-state index is 4.41. The summed E-state index contributed by atoms with van der Waals surface area (Å²) in [4.78, 5) is 2.42. The Morgan fingerprint density at radius 2 is 1.54 bits per heavy atom. The predicted octanol–water partition coefficient (Wildman–Crippen LogP) is 9.23. The molecule has 5 N–H and O–H groups in total. The molecule has 0 aromatic heterocycles. The van der Waals surface area contributed by atoms with Crippen molar-refractivity contribution < 1.29 is 0 Å². The van der Waals surface area contributed by atoms with Gasteiger partial charge in [-0.15, -0.1) is 6.58 Å². The van der Waals surface area contributed by atoms with Gasteiger partial charge >= 0.3 is 0 Å². The van der Waals surface area contributed by atoms with Crippen molar-refractivity contribution in [2.75, 3.05) is 26.7 Å². The number of allylic oxidation sites excluding steroid dienone is 2. The minimum Gasteiger partial charge on any atom is -0.392 e. The number of likely N-dealkylation sites (tertiary alicyclic amines) is 1. The topological polar surface area (TPSA) is 63.4 Å². The molecule has 1 aliphatic carbocycles. The maximum atomic E-state index is 4.41. The summed E-state index contributed by atoms with van der Waals surface area (Å²) in [6.45, 7) is 55.8. The van der Waals surface area contributed by atoms with Crippen LogP contribution in [0.15, 0.2) is 86.3 Å². The molecule has 1 saturated heterocycles. The molecule has 2 rings (SSSR count). The molecule has 48 heavy (non-hydrogen) atoms. The first kappa shape index (κ1) is 45.0. The fourth-order valence-corrected chi connectivity index (χ4v) is 6.10.